The number of nitro groups is 1. The van der Waals surface area contributed by atoms with Crippen molar-refractivity contribution in [1.82, 2.24) is 4.57 Å². The number of para-hydroxylation sites is 2. The molecule has 2 heterocycles. The van der Waals surface area contributed by atoms with Crippen LogP contribution in [0.2, 0.25) is 0 Å². The lowest BCUT2D eigenvalue weighted by molar-refractivity contribution is -0.385. The minimum Gasteiger partial charge on any atom is -0.365 e. The molecule has 28 heavy (non-hydrogen) atoms. The van der Waals surface area contributed by atoms with Gasteiger partial charge in [0, 0.05) is 24.2 Å². The van der Waals surface area contributed by atoms with E-state index in [9.17, 15) is 14.9 Å². The van der Waals surface area contributed by atoms with E-state index in [1.807, 2.05) is 47.4 Å². The molecule has 0 unspecified atom stereocenters. The van der Waals surface area contributed by atoms with Crippen molar-refractivity contribution in [3.8, 4) is 5.69 Å². The third kappa shape index (κ3) is 3.05. The fourth-order valence-electron chi connectivity index (χ4n) is 4.48. The number of aromatic nitrogens is 1. The van der Waals surface area contributed by atoms with Crippen LogP contribution in [0, 0.1) is 22.0 Å². The SMILES string of the molecule is C[C@H]1C[C@H](C)CN(c2c([N+](=O)[O-])c(=O)n(-c3ccccc3)c3ccccc23)C1. The lowest BCUT2D eigenvalue weighted by Crippen LogP contribution is -2.40. The number of pyridine rings is 1. The average molecular weight is 377 g/mol. The Balaban J connectivity index is 2.08. The van der Waals surface area contributed by atoms with Crippen molar-refractivity contribution in [2.45, 2.75) is 20.3 Å². The molecule has 1 fully saturated rings. The van der Waals surface area contributed by atoms with Gasteiger partial charge in [0.05, 0.1) is 10.4 Å². The molecule has 6 nitrogen and oxygen atoms in total. The zero-order chi connectivity index (χ0) is 19.8. The average Bonchev–Trinajstić information content (AvgIpc) is 2.66. The Morgan fingerprint density at radius 3 is 2.21 bits per heavy atom. The Hall–Kier alpha value is -3.15. The summed E-state index contributed by atoms with van der Waals surface area (Å²) in [6.45, 7) is 5.73. The van der Waals surface area contributed by atoms with Gasteiger partial charge < -0.3 is 4.90 Å². The molecule has 4 rings (SSSR count). The second-order valence-electron chi connectivity index (χ2n) is 7.80. The zero-order valence-corrected chi connectivity index (χ0v) is 16.0. The first-order chi connectivity index (χ1) is 13.5. The van der Waals surface area contributed by atoms with Gasteiger partial charge in [0.2, 0.25) is 0 Å². The standard InChI is InChI=1S/C22H23N3O3/c1-15-12-16(2)14-23(13-15)20-18-10-6-7-11-19(18)24(17-8-4-3-5-9-17)22(26)21(20)25(27)28/h3-11,15-16H,12-14H2,1-2H3/t15-,16-/m0/s1. The molecule has 0 amide bonds. The molecule has 6 heteroatoms. The van der Waals surface area contributed by atoms with E-state index in [0.717, 1.165) is 11.8 Å². The second kappa shape index (κ2) is 7.11. The van der Waals surface area contributed by atoms with Gasteiger partial charge in [0.25, 0.3) is 0 Å². The van der Waals surface area contributed by atoms with E-state index >= 15 is 0 Å². The summed E-state index contributed by atoms with van der Waals surface area (Å²) in [5.74, 6) is 0.831. The first kappa shape index (κ1) is 18.2. The molecule has 2 aromatic carbocycles. The Morgan fingerprint density at radius 1 is 0.964 bits per heavy atom. The molecule has 0 spiro atoms. The highest BCUT2D eigenvalue weighted by molar-refractivity contribution is 5.97. The number of benzene rings is 2. The molecule has 1 saturated heterocycles. The van der Waals surface area contributed by atoms with E-state index in [1.54, 1.807) is 12.1 Å². The van der Waals surface area contributed by atoms with Crippen LogP contribution < -0.4 is 10.5 Å². The predicted molar refractivity (Wildman–Crippen MR) is 111 cm³/mol. The van der Waals surface area contributed by atoms with E-state index in [4.69, 9.17) is 0 Å². The molecule has 144 valence electrons. The summed E-state index contributed by atoms with van der Waals surface area (Å²) < 4.78 is 1.45. The summed E-state index contributed by atoms with van der Waals surface area (Å²) in [6, 6.07) is 16.5. The third-order valence-corrected chi connectivity index (χ3v) is 5.41. The number of hydrogen-bond donors (Lipinski definition) is 0. The quantitative estimate of drug-likeness (QED) is 0.502. The summed E-state index contributed by atoms with van der Waals surface area (Å²) in [5, 5.41) is 12.8. The topological polar surface area (TPSA) is 68.4 Å². The smallest absolute Gasteiger partial charge is 0.358 e. The predicted octanol–water partition coefficient (Wildman–Crippen LogP) is 4.38. The Bertz CT molecular complexity index is 1080. The van der Waals surface area contributed by atoms with Gasteiger partial charge in [-0.2, -0.15) is 0 Å². The van der Waals surface area contributed by atoms with Gasteiger partial charge in [-0.1, -0.05) is 50.2 Å². The fourth-order valence-corrected chi connectivity index (χ4v) is 4.48. The van der Waals surface area contributed by atoms with Gasteiger partial charge in [-0.3, -0.25) is 19.5 Å². The molecule has 0 radical (unpaired) electrons. The summed E-state index contributed by atoms with van der Waals surface area (Å²) in [7, 11) is 0. The number of hydrogen-bond acceptors (Lipinski definition) is 4. The van der Waals surface area contributed by atoms with Crippen molar-refractivity contribution in [3.05, 3.63) is 75.1 Å². The van der Waals surface area contributed by atoms with Gasteiger partial charge in [0.1, 0.15) is 5.69 Å². The Labute approximate surface area is 163 Å². The van der Waals surface area contributed by atoms with Gasteiger partial charge in [-0.15, -0.1) is 0 Å². The highest BCUT2D eigenvalue weighted by Crippen LogP contribution is 2.37. The van der Waals surface area contributed by atoms with E-state index < -0.39 is 10.5 Å². The second-order valence-corrected chi connectivity index (χ2v) is 7.80. The van der Waals surface area contributed by atoms with Gasteiger partial charge in [-0.05, 0) is 36.5 Å². The Morgan fingerprint density at radius 2 is 1.57 bits per heavy atom. The van der Waals surface area contributed by atoms with Gasteiger partial charge >= 0.3 is 11.2 Å². The summed E-state index contributed by atoms with van der Waals surface area (Å²) >= 11 is 0. The highest BCUT2D eigenvalue weighted by Gasteiger charge is 2.33. The van der Waals surface area contributed by atoms with E-state index in [2.05, 4.69) is 13.8 Å². The van der Waals surface area contributed by atoms with Crippen LogP contribution >= 0.6 is 0 Å². The molecule has 1 aliphatic heterocycles. The van der Waals surface area contributed by atoms with Crippen LogP contribution in [0.5, 0.6) is 0 Å². The molecular weight excluding hydrogens is 354 g/mol. The maximum Gasteiger partial charge on any atom is 0.358 e. The van der Waals surface area contributed by atoms with Crippen molar-refractivity contribution in [1.29, 1.82) is 0 Å². The largest absolute Gasteiger partial charge is 0.365 e. The van der Waals surface area contributed by atoms with Gasteiger partial charge in [0.15, 0.2) is 0 Å². The molecule has 1 aromatic heterocycles. The van der Waals surface area contributed by atoms with Crippen molar-refractivity contribution in [3.63, 3.8) is 0 Å². The van der Waals surface area contributed by atoms with Gasteiger partial charge in [-0.25, -0.2) is 0 Å². The lowest BCUT2D eigenvalue weighted by Gasteiger charge is -2.36. The monoisotopic (exact) mass is 377 g/mol. The van der Waals surface area contributed by atoms with Crippen LogP contribution in [-0.4, -0.2) is 22.6 Å². The first-order valence-electron chi connectivity index (χ1n) is 9.60. The maximum atomic E-state index is 13.3. The molecule has 2 atom stereocenters. The first-order valence-corrected chi connectivity index (χ1v) is 9.60. The molecular formula is C22H23N3O3. The fraction of sp³-hybridized carbons (Fsp3) is 0.318. The number of nitrogens with zero attached hydrogens (tertiary/aromatic N) is 3. The number of fused-ring (bicyclic) bond motifs is 1. The van der Waals surface area contributed by atoms with Crippen molar-refractivity contribution in [2.24, 2.45) is 11.8 Å². The minimum absolute atomic E-state index is 0.344. The van der Waals surface area contributed by atoms with Crippen molar-refractivity contribution < 1.29 is 4.92 Å². The van der Waals surface area contributed by atoms with Crippen LogP contribution in [0.1, 0.15) is 20.3 Å². The van der Waals surface area contributed by atoms with E-state index in [0.29, 0.717) is 41.8 Å². The summed E-state index contributed by atoms with van der Waals surface area (Å²) in [4.78, 5) is 26.9. The molecule has 3 aromatic rings. The minimum atomic E-state index is -0.587. The zero-order valence-electron chi connectivity index (χ0n) is 16.0. The van der Waals surface area contributed by atoms with Crippen molar-refractivity contribution >= 4 is 22.3 Å². The van der Waals surface area contributed by atoms with Crippen LogP contribution in [0.15, 0.2) is 59.4 Å². The molecule has 1 aliphatic rings. The Kier molecular flexibility index (Phi) is 4.63. The van der Waals surface area contributed by atoms with Crippen LogP contribution in [-0.2, 0) is 0 Å². The number of rotatable bonds is 3. The van der Waals surface area contributed by atoms with Crippen LogP contribution in [0.3, 0.4) is 0 Å². The summed E-state index contributed by atoms with van der Waals surface area (Å²) in [5.41, 5.74) is 0.833. The third-order valence-electron chi connectivity index (χ3n) is 5.41. The maximum absolute atomic E-state index is 13.3. The number of anilines is 1. The molecule has 0 aliphatic carbocycles. The highest BCUT2D eigenvalue weighted by atomic mass is 16.6. The molecule has 0 saturated carbocycles. The molecule has 0 bridgehead atoms. The van der Waals surface area contributed by atoms with Crippen LogP contribution in [0.25, 0.3) is 16.6 Å². The lowest BCUT2D eigenvalue weighted by atomic mass is 9.91. The normalized spacial score (nSPS) is 19.7. The van der Waals surface area contributed by atoms with Crippen molar-refractivity contribution in [2.75, 3.05) is 18.0 Å². The number of piperidine rings is 1. The van der Waals surface area contributed by atoms with Crippen LogP contribution in [0.4, 0.5) is 11.4 Å². The molecule has 0 N–H and O–H groups in total. The van der Waals surface area contributed by atoms with E-state index in [-0.39, 0.29) is 5.69 Å². The summed E-state index contributed by atoms with van der Waals surface area (Å²) in [6.07, 6.45) is 1.09. The van der Waals surface area contributed by atoms with E-state index in [1.165, 1.54) is 4.57 Å².